The number of hydrogen-bond donors (Lipinski definition) is 2. The van der Waals surface area contributed by atoms with Crippen LogP contribution in [0.25, 0.3) is 0 Å². The van der Waals surface area contributed by atoms with Crippen molar-refractivity contribution < 1.29 is 22.7 Å². The lowest BCUT2D eigenvalue weighted by molar-refractivity contribution is -0.141. The molecular weight excluding hydrogens is 293 g/mol. The average molecular weight is 306 g/mol. The number of halogens is 3. The summed E-state index contributed by atoms with van der Waals surface area (Å²) in [6.07, 6.45) is -4.54. The fraction of sp³-hybridized carbons (Fsp3) is 0.333. The van der Waals surface area contributed by atoms with Crippen molar-refractivity contribution in [3.63, 3.8) is 0 Å². The monoisotopic (exact) mass is 306 g/mol. The fourth-order valence-electron chi connectivity index (χ4n) is 1.49. The van der Waals surface area contributed by atoms with Crippen LogP contribution in [0.1, 0.15) is 18.1 Å². The van der Waals surface area contributed by atoms with Crippen molar-refractivity contribution in [1.29, 1.82) is 0 Å². The van der Waals surface area contributed by atoms with Crippen molar-refractivity contribution in [2.24, 2.45) is 5.73 Å². The SMILES string of the molecule is CCOC(=O)CNc1ccc(C(F)(F)F)c(C(N)=S)c1. The second kappa shape index (κ2) is 6.56. The third kappa shape index (κ3) is 4.37. The van der Waals surface area contributed by atoms with Crippen molar-refractivity contribution in [3.05, 3.63) is 29.3 Å². The number of rotatable bonds is 5. The van der Waals surface area contributed by atoms with Crippen LogP contribution in [0.3, 0.4) is 0 Å². The van der Waals surface area contributed by atoms with E-state index < -0.39 is 17.7 Å². The van der Waals surface area contributed by atoms with Gasteiger partial charge in [0.2, 0.25) is 0 Å². The van der Waals surface area contributed by atoms with E-state index in [1.165, 1.54) is 6.07 Å². The Kier molecular flexibility index (Phi) is 5.32. The summed E-state index contributed by atoms with van der Waals surface area (Å²) in [5, 5.41) is 2.65. The van der Waals surface area contributed by atoms with E-state index in [1.807, 2.05) is 0 Å². The molecule has 0 aliphatic rings. The van der Waals surface area contributed by atoms with Gasteiger partial charge in [0.25, 0.3) is 0 Å². The first-order chi connectivity index (χ1) is 9.25. The number of carbonyl (C=O) groups is 1. The van der Waals surface area contributed by atoms with Crippen LogP contribution in [0.4, 0.5) is 18.9 Å². The van der Waals surface area contributed by atoms with Gasteiger partial charge in [-0.1, -0.05) is 12.2 Å². The number of hydrogen-bond acceptors (Lipinski definition) is 4. The van der Waals surface area contributed by atoms with Gasteiger partial charge in [-0.05, 0) is 25.1 Å². The highest BCUT2D eigenvalue weighted by Gasteiger charge is 2.34. The van der Waals surface area contributed by atoms with E-state index >= 15 is 0 Å². The molecule has 0 saturated carbocycles. The molecule has 0 atom stereocenters. The molecule has 0 heterocycles. The topological polar surface area (TPSA) is 64.3 Å². The van der Waals surface area contributed by atoms with E-state index in [0.29, 0.717) is 5.69 Å². The molecule has 3 N–H and O–H groups in total. The van der Waals surface area contributed by atoms with Crippen molar-refractivity contribution in [3.8, 4) is 0 Å². The van der Waals surface area contributed by atoms with Gasteiger partial charge in [0.15, 0.2) is 0 Å². The van der Waals surface area contributed by atoms with Crippen LogP contribution >= 0.6 is 12.2 Å². The third-order valence-electron chi connectivity index (χ3n) is 2.33. The van der Waals surface area contributed by atoms with Crippen LogP contribution in [0.5, 0.6) is 0 Å². The largest absolute Gasteiger partial charge is 0.465 e. The molecule has 110 valence electrons. The number of esters is 1. The zero-order valence-electron chi connectivity index (χ0n) is 10.6. The van der Waals surface area contributed by atoms with Crippen LogP contribution in [-0.4, -0.2) is 24.1 Å². The smallest absolute Gasteiger partial charge is 0.417 e. The number of carbonyl (C=O) groups excluding carboxylic acids is 1. The molecule has 1 aromatic rings. The molecule has 1 rings (SSSR count). The Morgan fingerprint density at radius 1 is 1.45 bits per heavy atom. The Bertz CT molecular complexity index is 518. The van der Waals surface area contributed by atoms with Gasteiger partial charge in [0.05, 0.1) is 12.2 Å². The first-order valence-electron chi connectivity index (χ1n) is 5.66. The number of thiocarbonyl (C=S) groups is 1. The van der Waals surface area contributed by atoms with E-state index in [4.69, 9.17) is 5.73 Å². The Morgan fingerprint density at radius 3 is 2.60 bits per heavy atom. The number of nitrogens with two attached hydrogens (primary N) is 1. The van der Waals surface area contributed by atoms with Gasteiger partial charge in [-0.2, -0.15) is 13.2 Å². The molecular formula is C12H13F3N2O2S. The lowest BCUT2D eigenvalue weighted by atomic mass is 10.1. The average Bonchev–Trinajstić information content (AvgIpc) is 2.35. The van der Waals surface area contributed by atoms with E-state index in [2.05, 4.69) is 22.3 Å². The molecule has 0 unspecified atom stereocenters. The molecule has 0 fully saturated rings. The molecule has 0 radical (unpaired) electrons. The molecule has 0 aliphatic carbocycles. The molecule has 0 spiro atoms. The van der Waals surface area contributed by atoms with Crippen LogP contribution in [0, 0.1) is 0 Å². The Morgan fingerprint density at radius 2 is 2.10 bits per heavy atom. The maximum atomic E-state index is 12.7. The van der Waals surface area contributed by atoms with Crippen molar-refractivity contribution in [1.82, 2.24) is 0 Å². The highest BCUT2D eigenvalue weighted by Crippen LogP contribution is 2.33. The zero-order chi connectivity index (χ0) is 15.3. The molecule has 0 aromatic heterocycles. The minimum atomic E-state index is -4.54. The molecule has 20 heavy (non-hydrogen) atoms. The molecule has 0 bridgehead atoms. The Hall–Kier alpha value is -1.83. The summed E-state index contributed by atoms with van der Waals surface area (Å²) in [5.41, 5.74) is 4.39. The maximum absolute atomic E-state index is 12.7. The molecule has 0 aliphatic heterocycles. The zero-order valence-corrected chi connectivity index (χ0v) is 11.4. The van der Waals surface area contributed by atoms with Gasteiger partial charge >= 0.3 is 12.1 Å². The normalized spacial score (nSPS) is 11.0. The molecule has 4 nitrogen and oxygen atoms in total. The second-order valence-electron chi connectivity index (χ2n) is 3.78. The van der Waals surface area contributed by atoms with Crippen LogP contribution in [0.2, 0.25) is 0 Å². The third-order valence-corrected chi connectivity index (χ3v) is 2.55. The fourth-order valence-corrected chi connectivity index (χ4v) is 1.66. The predicted octanol–water partition coefficient (Wildman–Crippen LogP) is 2.31. The van der Waals surface area contributed by atoms with Crippen LogP contribution in [0.15, 0.2) is 18.2 Å². The summed E-state index contributed by atoms with van der Waals surface area (Å²) >= 11 is 4.61. The van der Waals surface area contributed by atoms with E-state index in [-0.39, 0.29) is 23.7 Å². The lowest BCUT2D eigenvalue weighted by Crippen LogP contribution is -2.20. The van der Waals surface area contributed by atoms with Gasteiger partial charge < -0.3 is 15.8 Å². The van der Waals surface area contributed by atoms with E-state index in [1.54, 1.807) is 6.92 Å². The maximum Gasteiger partial charge on any atom is 0.417 e. The van der Waals surface area contributed by atoms with Crippen molar-refractivity contribution in [2.45, 2.75) is 13.1 Å². The first kappa shape index (κ1) is 16.2. The van der Waals surface area contributed by atoms with Gasteiger partial charge in [0.1, 0.15) is 11.5 Å². The molecule has 8 heteroatoms. The summed E-state index contributed by atoms with van der Waals surface area (Å²) < 4.78 is 42.9. The molecule has 0 amide bonds. The molecule has 1 aromatic carbocycles. The van der Waals surface area contributed by atoms with Crippen LogP contribution in [-0.2, 0) is 15.7 Å². The van der Waals surface area contributed by atoms with Crippen LogP contribution < -0.4 is 11.1 Å². The minimum Gasteiger partial charge on any atom is -0.465 e. The minimum absolute atomic E-state index is 0.157. The second-order valence-corrected chi connectivity index (χ2v) is 4.22. The quantitative estimate of drug-likeness (QED) is 0.645. The van der Waals surface area contributed by atoms with Crippen molar-refractivity contribution >= 4 is 28.9 Å². The summed E-state index contributed by atoms with van der Waals surface area (Å²) in [7, 11) is 0. The number of nitrogens with one attached hydrogen (secondary N) is 1. The lowest BCUT2D eigenvalue weighted by Gasteiger charge is -2.14. The summed E-state index contributed by atoms with van der Waals surface area (Å²) in [4.78, 5) is 10.8. The first-order valence-corrected chi connectivity index (χ1v) is 6.07. The molecule has 0 saturated heterocycles. The van der Waals surface area contributed by atoms with Gasteiger partial charge in [0, 0.05) is 11.3 Å². The number of benzene rings is 1. The standard InChI is InChI=1S/C12H13F3N2O2S/c1-2-19-10(18)6-17-7-3-4-9(12(13,14)15)8(5-7)11(16)20/h3-5,17H,2,6H2,1H3,(H2,16,20). The number of alkyl halides is 3. The number of ether oxygens (including phenoxy) is 1. The summed E-state index contributed by atoms with van der Waals surface area (Å²) in [6, 6.07) is 3.22. The van der Waals surface area contributed by atoms with Gasteiger partial charge in [-0.15, -0.1) is 0 Å². The highest BCUT2D eigenvalue weighted by atomic mass is 32.1. The van der Waals surface area contributed by atoms with Gasteiger partial charge in [-0.3, -0.25) is 4.79 Å². The van der Waals surface area contributed by atoms with Crippen molar-refractivity contribution in [2.75, 3.05) is 18.5 Å². The van der Waals surface area contributed by atoms with Gasteiger partial charge in [-0.25, -0.2) is 0 Å². The van der Waals surface area contributed by atoms with E-state index in [9.17, 15) is 18.0 Å². The summed E-state index contributed by atoms with van der Waals surface area (Å²) in [5.74, 6) is -0.510. The van der Waals surface area contributed by atoms with E-state index in [0.717, 1.165) is 12.1 Å². The Balaban J connectivity index is 2.94. The number of anilines is 1. The highest BCUT2D eigenvalue weighted by molar-refractivity contribution is 7.80. The Labute approximate surface area is 119 Å². The summed E-state index contributed by atoms with van der Waals surface area (Å²) in [6.45, 7) is 1.72. The predicted molar refractivity (Wildman–Crippen MR) is 72.5 cm³/mol.